The van der Waals surface area contributed by atoms with E-state index in [0.717, 1.165) is 16.7 Å². The summed E-state index contributed by atoms with van der Waals surface area (Å²) in [5.74, 6) is -16.9. The van der Waals surface area contributed by atoms with Crippen LogP contribution in [0.3, 0.4) is 0 Å². The third-order valence-electron chi connectivity index (χ3n) is 17.2. The molecule has 0 aromatic heterocycles. The van der Waals surface area contributed by atoms with Gasteiger partial charge in [-0.05, 0) is 51.0 Å². The summed E-state index contributed by atoms with van der Waals surface area (Å²) >= 11 is 1.02. The Bertz CT molecular complexity index is 3530. The number of Topliss-reactive ketones (excluding diaryl/α,β-unsaturated/α-hetero) is 1. The number of likely N-dealkylation sites (tertiary alicyclic amines) is 1. The monoisotopic (exact) mass is 1430 g/mol. The summed E-state index contributed by atoms with van der Waals surface area (Å²) in [7, 11) is 1.27. The number of amides is 8. The molecule has 12 atom stereocenters. The lowest BCUT2D eigenvalue weighted by Crippen LogP contribution is -2.60. The first-order valence-corrected chi connectivity index (χ1v) is 33.1. The van der Waals surface area contributed by atoms with Crippen LogP contribution in [0.1, 0.15) is 153 Å². The summed E-state index contributed by atoms with van der Waals surface area (Å²) in [5.41, 5.74) is 11.9. The lowest BCUT2D eigenvalue weighted by atomic mass is 9.72. The third-order valence-corrected chi connectivity index (χ3v) is 18.4. The number of thioether (sulfide) groups is 1. The van der Waals surface area contributed by atoms with Gasteiger partial charge in [0, 0.05) is 80.6 Å². The van der Waals surface area contributed by atoms with Crippen molar-refractivity contribution in [2.45, 2.75) is 182 Å². The van der Waals surface area contributed by atoms with Crippen LogP contribution in [0.5, 0.6) is 17.2 Å². The van der Waals surface area contributed by atoms with Crippen molar-refractivity contribution in [3.63, 3.8) is 0 Å². The Morgan fingerprint density at radius 3 is 2.06 bits per heavy atom. The number of aliphatic hydroxyl groups excluding tert-OH is 2. The zero-order chi connectivity index (χ0) is 74.2. The van der Waals surface area contributed by atoms with Crippen molar-refractivity contribution >= 4 is 100 Å². The van der Waals surface area contributed by atoms with Gasteiger partial charge in [0.1, 0.15) is 59.7 Å². The SMILES string of the molecule is COc1cccc2c1C(=O)c1c(O)c3c(c(O)c1C2=O)C[C@@](O)(C(=O)CO)C[C@@H]3O[C@H]1C[C@H](NC(=O)CCCCCN2C(=O)CC(SCCNC(=O)[C@H](CC(=O)O)NC(=O)[C@@H](NC(=O)[C@H](CCC(=O)O)NC(=O)[C@H](CC(=O)O)NC(=O)[C@@H](N)CCCN=C(N)N)C(C)C)C2=O)[C@H](O)[C@H](C)O1. The number of imide groups is 1. The zero-order valence-electron chi connectivity index (χ0n) is 55.1. The quantitative estimate of drug-likeness (QED) is 0.00875. The van der Waals surface area contributed by atoms with Crippen molar-refractivity contribution < 1.29 is 122 Å². The second-order valence-electron chi connectivity index (χ2n) is 24.8. The number of carbonyl (C=O) groups excluding carboxylic acids is 11. The Kier molecular flexibility index (Phi) is 28.3. The van der Waals surface area contributed by atoms with Gasteiger partial charge < -0.3 is 104 Å². The minimum Gasteiger partial charge on any atom is -0.507 e. The summed E-state index contributed by atoms with van der Waals surface area (Å²) in [5, 5.41) is 98.3. The number of nitrogens with two attached hydrogens (primary N) is 3. The number of carboxylic acids is 3. The first kappa shape index (κ1) is 79.6. The number of phenolic OH excluding ortho intramolecular Hbond substituents is 2. The highest BCUT2D eigenvalue weighted by Gasteiger charge is 2.51. The molecule has 2 aromatic carbocycles. The summed E-state index contributed by atoms with van der Waals surface area (Å²) in [6.45, 7) is 3.13. The van der Waals surface area contributed by atoms with E-state index in [1.165, 1.54) is 46.1 Å². The summed E-state index contributed by atoms with van der Waals surface area (Å²) in [6.07, 6.45) is -9.33. The molecule has 2 aliphatic heterocycles. The van der Waals surface area contributed by atoms with E-state index in [-0.39, 0.29) is 104 Å². The Morgan fingerprint density at radius 2 is 1.43 bits per heavy atom. The second-order valence-corrected chi connectivity index (χ2v) is 26.1. The fourth-order valence-corrected chi connectivity index (χ4v) is 13.0. The molecule has 548 valence electrons. The van der Waals surface area contributed by atoms with Gasteiger partial charge in [0.05, 0.1) is 66.2 Å². The predicted octanol–water partition coefficient (Wildman–Crippen LogP) is -3.51. The molecule has 1 unspecified atom stereocenters. The minimum absolute atomic E-state index is 0.00399. The number of aromatic hydroxyl groups is 2. The maximum atomic E-state index is 14.1. The minimum atomic E-state index is -2.43. The molecule has 0 spiro atoms. The van der Waals surface area contributed by atoms with E-state index in [1.54, 1.807) is 0 Å². The van der Waals surface area contributed by atoms with Crippen LogP contribution in [0.2, 0.25) is 0 Å². The van der Waals surface area contributed by atoms with Gasteiger partial charge in [0.15, 0.2) is 23.8 Å². The predicted molar refractivity (Wildman–Crippen MR) is 347 cm³/mol. The molecule has 0 saturated carbocycles. The molecule has 100 heavy (non-hydrogen) atoms. The average Bonchev–Trinajstić information content (AvgIpc) is 0.792. The van der Waals surface area contributed by atoms with Crippen LogP contribution in [0, 0.1) is 5.92 Å². The van der Waals surface area contributed by atoms with Gasteiger partial charge in [0.25, 0.3) is 0 Å². The summed E-state index contributed by atoms with van der Waals surface area (Å²) in [6, 6.07) is -5.01. The lowest BCUT2D eigenvalue weighted by molar-refractivity contribution is -0.249. The molecule has 37 heteroatoms. The number of phenols is 2. The van der Waals surface area contributed by atoms with Gasteiger partial charge in [-0.3, -0.25) is 77.0 Å². The number of carbonyl (C=O) groups is 14. The van der Waals surface area contributed by atoms with Crippen LogP contribution in [0.25, 0.3) is 0 Å². The van der Waals surface area contributed by atoms with Gasteiger partial charge in [-0.1, -0.05) is 32.4 Å². The molecule has 2 aliphatic carbocycles. The van der Waals surface area contributed by atoms with E-state index in [0.29, 0.717) is 6.42 Å². The molecule has 2 fully saturated rings. The molecule has 36 nitrogen and oxygen atoms in total. The molecule has 2 aromatic rings. The van der Waals surface area contributed by atoms with Gasteiger partial charge in [-0.25, -0.2) is 0 Å². The molecular formula is C63H85N11O25S. The van der Waals surface area contributed by atoms with Crippen molar-refractivity contribution in [3.8, 4) is 17.2 Å². The Balaban J connectivity index is 0.975. The number of ether oxygens (including phenoxy) is 3. The first-order valence-electron chi connectivity index (χ1n) is 32.1. The number of benzene rings is 2. The van der Waals surface area contributed by atoms with Gasteiger partial charge in [-0.15, -0.1) is 11.8 Å². The molecule has 4 aliphatic rings. The van der Waals surface area contributed by atoms with E-state index in [4.69, 9.17) is 31.4 Å². The van der Waals surface area contributed by atoms with Gasteiger partial charge >= 0.3 is 17.9 Å². The van der Waals surface area contributed by atoms with Crippen LogP contribution in [0.15, 0.2) is 23.2 Å². The molecule has 20 N–H and O–H groups in total. The number of hydrogen-bond donors (Lipinski definition) is 17. The second kappa shape index (κ2) is 35.6. The van der Waals surface area contributed by atoms with E-state index in [9.17, 15) is 108 Å². The normalized spacial score (nSPS) is 21.6. The number of nitrogens with one attached hydrogen (secondary N) is 6. The molecule has 6 rings (SSSR count). The fourth-order valence-electron chi connectivity index (χ4n) is 11.9. The highest BCUT2D eigenvalue weighted by Crippen LogP contribution is 2.53. The number of guanidine groups is 1. The maximum Gasteiger partial charge on any atom is 0.305 e. The number of aliphatic hydroxyl groups is 3. The number of ketones is 3. The highest BCUT2D eigenvalue weighted by molar-refractivity contribution is 8.00. The number of hydrogen-bond acceptors (Lipinski definition) is 25. The standard InChI is InChI=1S/C63H85N11O25S/c1-27(2)50(73-58(92)32(14-15-42(79)80)70-59(93)35(21-44(83)84)71-56(90)31(64)11-9-16-68-62(65)66)60(94)72-34(20-43(81)82)57(91)67-17-19-100-38-23-41(78)74(61(38)95)18-7-5-6-13-40(77)69-33-22-45(98-28(3)51(33)85)99-37-25-63(96,39(76)26-75)24-30-47(37)55(89)49-48(53(30)87)52(86)29-10-8-12-36(97-4)46(29)54(49)88/h8,10,12,27-28,31-35,37-38,45,50-51,75,85,87,89,96H,5-7,9,11,13-26,64H2,1-4H3,(H,67,91)(H,69,77)(H,70,93)(H,71,90)(H,72,94)(H,73,92)(H,79,80)(H,81,82)(H,83,84)(H4,65,66,68)/t28-,31-,32-,33-,34-,35-,37-,38?,45-,50-,51+,63-/m0/s1. The van der Waals surface area contributed by atoms with Crippen molar-refractivity contribution in [2.24, 2.45) is 28.1 Å². The average molecular weight is 1430 g/mol. The zero-order valence-corrected chi connectivity index (χ0v) is 56.0. The Hall–Kier alpha value is -9.40. The number of aliphatic carboxylic acids is 3. The van der Waals surface area contributed by atoms with Crippen molar-refractivity contribution in [1.82, 2.24) is 36.8 Å². The first-order chi connectivity index (χ1) is 47.1. The lowest BCUT2D eigenvalue weighted by Gasteiger charge is -2.43. The van der Waals surface area contributed by atoms with Crippen molar-refractivity contribution in [3.05, 3.63) is 51.6 Å². The van der Waals surface area contributed by atoms with Crippen LogP contribution in [-0.4, -0.2) is 239 Å². The number of rotatable bonds is 37. The van der Waals surface area contributed by atoms with Crippen molar-refractivity contribution in [1.29, 1.82) is 0 Å². The van der Waals surface area contributed by atoms with E-state index in [2.05, 4.69) is 36.9 Å². The molecule has 2 heterocycles. The number of carboxylic acid groups (broad SMARTS) is 3. The largest absolute Gasteiger partial charge is 0.507 e. The summed E-state index contributed by atoms with van der Waals surface area (Å²) in [4.78, 5) is 188. The van der Waals surface area contributed by atoms with Crippen molar-refractivity contribution in [2.75, 3.05) is 39.1 Å². The fraction of sp³-hybridized carbons (Fsp3) is 0.571. The molecule has 0 bridgehead atoms. The van der Waals surface area contributed by atoms with Crippen LogP contribution < -0.4 is 53.8 Å². The van der Waals surface area contributed by atoms with Crippen LogP contribution in [-0.2, 0) is 73.4 Å². The topological polar surface area (TPSA) is 594 Å². The number of aliphatic imine (C=N–C) groups is 1. The molecule has 8 amide bonds. The molecule has 0 radical (unpaired) electrons. The van der Waals surface area contributed by atoms with Gasteiger partial charge in [-0.2, -0.15) is 0 Å². The number of nitrogens with zero attached hydrogens (tertiary/aromatic N) is 2. The maximum absolute atomic E-state index is 14.1. The summed E-state index contributed by atoms with van der Waals surface area (Å²) < 4.78 is 17.5. The van der Waals surface area contributed by atoms with Crippen LogP contribution in [0.4, 0.5) is 0 Å². The smallest absolute Gasteiger partial charge is 0.305 e. The number of methoxy groups -OCH3 is 1. The highest BCUT2D eigenvalue weighted by atomic mass is 32.2. The van der Waals surface area contributed by atoms with Crippen LogP contribution >= 0.6 is 11.8 Å². The Morgan fingerprint density at radius 1 is 0.790 bits per heavy atom. The molecular weight excluding hydrogens is 1340 g/mol. The van der Waals surface area contributed by atoms with E-state index < -0.39 is 228 Å². The number of unbranched alkanes of at least 4 members (excludes halogenated alkanes) is 2. The third kappa shape index (κ3) is 20.2. The van der Waals surface area contributed by atoms with Gasteiger partial charge in [0.2, 0.25) is 53.0 Å². The Labute approximate surface area is 575 Å². The van der Waals surface area contributed by atoms with E-state index in [1.807, 2.05) is 0 Å². The molecule has 2 saturated heterocycles. The number of fused-ring (bicyclic) bond motifs is 3. The van der Waals surface area contributed by atoms with E-state index >= 15 is 0 Å².